The van der Waals surface area contributed by atoms with Crippen molar-refractivity contribution in [3.05, 3.63) is 66.7 Å². The zero-order valence-electron chi connectivity index (χ0n) is 8.61. The lowest BCUT2D eigenvalue weighted by Gasteiger charge is -2.04. The Kier molecular flexibility index (Phi) is 4.35. The Morgan fingerprint density at radius 2 is 1.93 bits per heavy atom. The van der Waals surface area contributed by atoms with Crippen LogP contribution in [0, 0.1) is 5.82 Å². The highest BCUT2D eigenvalue weighted by atomic mass is 19.1. The molecule has 2 heteroatoms. The molecule has 0 aromatic heterocycles. The molecule has 0 fully saturated rings. The molecule has 0 aliphatic rings. The normalized spacial score (nSPS) is 11.7. The average Bonchev–Trinajstić information content (AvgIpc) is 2.22. The van der Waals surface area contributed by atoms with Gasteiger partial charge in [-0.2, -0.15) is 0 Å². The summed E-state index contributed by atoms with van der Waals surface area (Å²) in [5.74, 6) is 1.09. The van der Waals surface area contributed by atoms with E-state index in [2.05, 4.69) is 6.58 Å². The molecule has 1 aromatic rings. The van der Waals surface area contributed by atoms with Crippen LogP contribution in [0.15, 0.2) is 60.9 Å². The van der Waals surface area contributed by atoms with Gasteiger partial charge in [-0.1, -0.05) is 24.8 Å². The first kappa shape index (κ1) is 11.2. The second-order valence-corrected chi connectivity index (χ2v) is 2.95. The van der Waals surface area contributed by atoms with Crippen molar-refractivity contribution in [1.29, 1.82) is 0 Å². The van der Waals surface area contributed by atoms with E-state index >= 15 is 0 Å². The molecule has 0 spiro atoms. The average molecular weight is 204 g/mol. The first-order valence-electron chi connectivity index (χ1n) is 4.62. The predicted molar refractivity (Wildman–Crippen MR) is 60.1 cm³/mol. The van der Waals surface area contributed by atoms with Crippen molar-refractivity contribution in [1.82, 2.24) is 0 Å². The molecule has 0 saturated heterocycles. The zero-order chi connectivity index (χ0) is 11.1. The van der Waals surface area contributed by atoms with Crippen LogP contribution in [0.2, 0.25) is 0 Å². The number of ether oxygens (including phenoxy) is 1. The van der Waals surface area contributed by atoms with E-state index in [9.17, 15) is 4.39 Å². The summed E-state index contributed by atoms with van der Waals surface area (Å²) >= 11 is 0. The molecule has 0 unspecified atom stereocenters. The van der Waals surface area contributed by atoms with Crippen molar-refractivity contribution >= 4 is 0 Å². The van der Waals surface area contributed by atoms with Crippen molar-refractivity contribution in [3.8, 4) is 5.75 Å². The Hall–Kier alpha value is -1.83. The van der Waals surface area contributed by atoms with Gasteiger partial charge in [-0.3, -0.25) is 0 Å². The van der Waals surface area contributed by atoms with Crippen LogP contribution in [0.25, 0.3) is 0 Å². The smallest absolute Gasteiger partial charge is 0.127 e. The van der Waals surface area contributed by atoms with Gasteiger partial charge >= 0.3 is 0 Å². The van der Waals surface area contributed by atoms with Crippen molar-refractivity contribution in [3.63, 3.8) is 0 Å². The molecule has 0 N–H and O–H groups in total. The molecule has 0 aliphatic heterocycles. The summed E-state index contributed by atoms with van der Waals surface area (Å²) in [5.41, 5.74) is 0. The van der Waals surface area contributed by atoms with E-state index in [-0.39, 0.29) is 5.82 Å². The summed E-state index contributed by atoms with van der Waals surface area (Å²) in [6.07, 6.45) is 7.12. The van der Waals surface area contributed by atoms with Crippen molar-refractivity contribution < 1.29 is 9.13 Å². The molecule has 1 rings (SSSR count). The van der Waals surface area contributed by atoms with Gasteiger partial charge in [0.15, 0.2) is 0 Å². The van der Waals surface area contributed by atoms with Gasteiger partial charge in [0, 0.05) is 0 Å². The van der Waals surface area contributed by atoms with E-state index < -0.39 is 0 Å². The fourth-order valence-corrected chi connectivity index (χ4v) is 0.992. The van der Waals surface area contributed by atoms with Crippen LogP contribution in [-0.4, -0.2) is 0 Å². The SMILES string of the molecule is C=C/C=C\C=C(/C)Oc1ccc(F)cc1. The van der Waals surface area contributed by atoms with Crippen LogP contribution in [0.1, 0.15) is 6.92 Å². The largest absolute Gasteiger partial charge is 0.462 e. The number of rotatable bonds is 4. The molecule has 0 atom stereocenters. The standard InChI is InChI=1S/C13H13FO/c1-3-4-5-6-11(2)15-13-9-7-12(14)8-10-13/h3-10H,1H2,2H3/b5-4-,11-6+. The molecule has 0 radical (unpaired) electrons. The van der Waals surface area contributed by atoms with Gasteiger partial charge in [0.2, 0.25) is 0 Å². The maximum Gasteiger partial charge on any atom is 0.127 e. The Labute approximate surface area is 89.2 Å². The minimum atomic E-state index is -0.268. The van der Waals surface area contributed by atoms with E-state index in [4.69, 9.17) is 4.74 Å². The van der Waals surface area contributed by atoms with Crippen LogP contribution in [0.4, 0.5) is 4.39 Å². The third-order valence-corrected chi connectivity index (χ3v) is 1.67. The molecule has 78 valence electrons. The molecule has 0 saturated carbocycles. The maximum atomic E-state index is 12.6. The predicted octanol–water partition coefficient (Wildman–Crippen LogP) is 3.85. The van der Waals surface area contributed by atoms with Crippen molar-refractivity contribution in [2.24, 2.45) is 0 Å². The summed E-state index contributed by atoms with van der Waals surface area (Å²) in [7, 11) is 0. The minimum Gasteiger partial charge on any atom is -0.462 e. The Balaban J connectivity index is 2.61. The quantitative estimate of drug-likeness (QED) is 0.534. The third kappa shape index (κ3) is 4.27. The number of halogens is 1. The van der Waals surface area contributed by atoms with Crippen LogP contribution in [0.3, 0.4) is 0 Å². The molecule has 0 heterocycles. The van der Waals surface area contributed by atoms with E-state index in [1.165, 1.54) is 12.1 Å². The Bertz CT molecular complexity index is 374. The van der Waals surface area contributed by atoms with Crippen molar-refractivity contribution in [2.45, 2.75) is 6.92 Å². The van der Waals surface area contributed by atoms with Gasteiger partial charge in [-0.05, 0) is 37.3 Å². The molecule has 0 aliphatic carbocycles. The van der Waals surface area contributed by atoms with Gasteiger partial charge in [0.05, 0.1) is 0 Å². The zero-order valence-corrected chi connectivity index (χ0v) is 8.61. The highest BCUT2D eigenvalue weighted by molar-refractivity contribution is 5.25. The Morgan fingerprint density at radius 1 is 1.27 bits per heavy atom. The van der Waals surface area contributed by atoms with Crippen LogP contribution in [-0.2, 0) is 0 Å². The highest BCUT2D eigenvalue weighted by Crippen LogP contribution is 2.14. The first-order chi connectivity index (χ1) is 7.22. The summed E-state index contributed by atoms with van der Waals surface area (Å²) in [5, 5.41) is 0. The van der Waals surface area contributed by atoms with E-state index in [1.54, 1.807) is 24.3 Å². The van der Waals surface area contributed by atoms with Crippen LogP contribution in [0.5, 0.6) is 5.75 Å². The van der Waals surface area contributed by atoms with Gasteiger partial charge < -0.3 is 4.74 Å². The number of hydrogen-bond acceptors (Lipinski definition) is 1. The second-order valence-electron chi connectivity index (χ2n) is 2.95. The number of hydrogen-bond donors (Lipinski definition) is 0. The van der Waals surface area contributed by atoms with E-state index in [1.807, 2.05) is 19.1 Å². The lowest BCUT2D eigenvalue weighted by atomic mass is 10.3. The fourth-order valence-electron chi connectivity index (χ4n) is 0.992. The van der Waals surface area contributed by atoms with E-state index in [0.717, 1.165) is 5.76 Å². The molecular weight excluding hydrogens is 191 g/mol. The maximum absolute atomic E-state index is 12.6. The molecule has 0 bridgehead atoms. The van der Waals surface area contributed by atoms with Gasteiger partial charge in [-0.15, -0.1) is 0 Å². The monoisotopic (exact) mass is 204 g/mol. The minimum absolute atomic E-state index is 0.268. The summed E-state index contributed by atoms with van der Waals surface area (Å²) in [4.78, 5) is 0. The van der Waals surface area contributed by atoms with Gasteiger partial charge in [0.1, 0.15) is 17.3 Å². The molecule has 15 heavy (non-hydrogen) atoms. The first-order valence-corrected chi connectivity index (χ1v) is 4.62. The van der Waals surface area contributed by atoms with Crippen LogP contribution >= 0.6 is 0 Å². The second kappa shape index (κ2) is 5.81. The highest BCUT2D eigenvalue weighted by Gasteiger charge is 1.94. The topological polar surface area (TPSA) is 9.23 Å². The fraction of sp³-hybridized carbons (Fsp3) is 0.0769. The van der Waals surface area contributed by atoms with Gasteiger partial charge in [0.25, 0.3) is 0 Å². The number of benzene rings is 1. The molecule has 1 aromatic carbocycles. The third-order valence-electron chi connectivity index (χ3n) is 1.67. The summed E-state index contributed by atoms with van der Waals surface area (Å²) in [6.45, 7) is 5.38. The molecular formula is C13H13FO. The molecule has 1 nitrogen and oxygen atoms in total. The lowest BCUT2D eigenvalue weighted by molar-refractivity contribution is 0.427. The van der Waals surface area contributed by atoms with Crippen molar-refractivity contribution in [2.75, 3.05) is 0 Å². The summed E-state index contributed by atoms with van der Waals surface area (Å²) < 4.78 is 18.0. The van der Waals surface area contributed by atoms with Crippen LogP contribution < -0.4 is 4.74 Å². The Morgan fingerprint density at radius 3 is 2.53 bits per heavy atom. The number of allylic oxidation sites excluding steroid dienone is 5. The molecule has 0 amide bonds. The van der Waals surface area contributed by atoms with Gasteiger partial charge in [-0.25, -0.2) is 4.39 Å². The summed E-state index contributed by atoms with van der Waals surface area (Å²) in [6, 6.07) is 5.90. The van der Waals surface area contributed by atoms with E-state index in [0.29, 0.717) is 5.75 Å². The lowest BCUT2D eigenvalue weighted by Crippen LogP contribution is -1.89.